The quantitative estimate of drug-likeness (QED) is 0.666. The van der Waals surface area contributed by atoms with E-state index >= 15 is 0 Å². The van der Waals surface area contributed by atoms with E-state index in [1.165, 1.54) is 42.4 Å². The molecule has 2 aromatic carbocycles. The molecule has 0 heterocycles. The number of hydrogen-bond donors (Lipinski definition) is 2. The summed E-state index contributed by atoms with van der Waals surface area (Å²) in [6, 6.07) is 14.7. The summed E-state index contributed by atoms with van der Waals surface area (Å²) in [5.41, 5.74) is 4.77. The van der Waals surface area contributed by atoms with Crippen LogP contribution in [0, 0.1) is 13.8 Å². The maximum absolute atomic E-state index is 6.01. The summed E-state index contributed by atoms with van der Waals surface area (Å²) in [6.45, 7) is 6.38. The van der Waals surface area contributed by atoms with Gasteiger partial charge in [-0.05, 0) is 94.1 Å². The van der Waals surface area contributed by atoms with Crippen molar-refractivity contribution < 1.29 is 4.74 Å². The van der Waals surface area contributed by atoms with Gasteiger partial charge < -0.3 is 15.4 Å². The SMILES string of the molecule is Cc1ccc(C)c([C@@H](C)NC(=S)Nc2ccc(OC3CCCC3)cc2)c1. The molecule has 0 aromatic heterocycles. The van der Waals surface area contributed by atoms with Crippen molar-refractivity contribution in [2.75, 3.05) is 5.32 Å². The van der Waals surface area contributed by atoms with Gasteiger partial charge >= 0.3 is 0 Å². The van der Waals surface area contributed by atoms with Crippen molar-refractivity contribution in [3.05, 3.63) is 59.2 Å². The zero-order valence-electron chi connectivity index (χ0n) is 15.8. The topological polar surface area (TPSA) is 33.3 Å². The second-order valence-corrected chi connectivity index (χ2v) is 7.64. The molecule has 3 nitrogen and oxygen atoms in total. The lowest BCUT2D eigenvalue weighted by Gasteiger charge is -2.20. The van der Waals surface area contributed by atoms with Gasteiger partial charge in [0, 0.05) is 5.69 Å². The van der Waals surface area contributed by atoms with Gasteiger partial charge in [-0.2, -0.15) is 0 Å². The van der Waals surface area contributed by atoms with Gasteiger partial charge in [-0.15, -0.1) is 0 Å². The van der Waals surface area contributed by atoms with Crippen LogP contribution in [0.5, 0.6) is 5.75 Å². The largest absolute Gasteiger partial charge is 0.490 e. The lowest BCUT2D eigenvalue weighted by Crippen LogP contribution is -2.31. The van der Waals surface area contributed by atoms with Gasteiger partial charge in [-0.1, -0.05) is 23.8 Å². The van der Waals surface area contributed by atoms with E-state index in [0.717, 1.165) is 11.4 Å². The molecule has 0 aliphatic heterocycles. The molecule has 1 fully saturated rings. The second kappa shape index (κ2) is 8.54. The molecule has 0 bridgehead atoms. The minimum atomic E-state index is 0.153. The van der Waals surface area contributed by atoms with Crippen LogP contribution in [-0.4, -0.2) is 11.2 Å². The fourth-order valence-electron chi connectivity index (χ4n) is 3.48. The van der Waals surface area contributed by atoms with Crippen LogP contribution in [0.25, 0.3) is 0 Å². The molecule has 4 heteroatoms. The van der Waals surface area contributed by atoms with Crippen LogP contribution in [0.3, 0.4) is 0 Å². The van der Waals surface area contributed by atoms with E-state index in [1.807, 2.05) is 24.3 Å². The number of hydrogen-bond acceptors (Lipinski definition) is 2. The maximum Gasteiger partial charge on any atom is 0.171 e. The fourth-order valence-corrected chi connectivity index (χ4v) is 3.78. The molecule has 1 aliphatic carbocycles. The van der Waals surface area contributed by atoms with E-state index in [-0.39, 0.29) is 6.04 Å². The Bertz CT molecular complexity index is 751. The van der Waals surface area contributed by atoms with E-state index in [1.54, 1.807) is 0 Å². The monoisotopic (exact) mass is 368 g/mol. The molecule has 138 valence electrons. The molecule has 26 heavy (non-hydrogen) atoms. The summed E-state index contributed by atoms with van der Waals surface area (Å²) >= 11 is 5.48. The third kappa shape index (κ3) is 4.98. The molecule has 0 unspecified atom stereocenters. The summed E-state index contributed by atoms with van der Waals surface area (Å²) in [4.78, 5) is 0. The Morgan fingerprint density at radius 2 is 1.77 bits per heavy atom. The first-order valence-electron chi connectivity index (χ1n) is 9.42. The van der Waals surface area contributed by atoms with Crippen molar-refractivity contribution in [1.29, 1.82) is 0 Å². The predicted molar refractivity (Wildman–Crippen MR) is 113 cm³/mol. The zero-order chi connectivity index (χ0) is 18.5. The summed E-state index contributed by atoms with van der Waals surface area (Å²) in [6.07, 6.45) is 5.29. The van der Waals surface area contributed by atoms with Crippen LogP contribution < -0.4 is 15.4 Å². The third-order valence-corrected chi connectivity index (χ3v) is 5.19. The maximum atomic E-state index is 6.01. The molecular formula is C22H28N2OS. The molecule has 2 N–H and O–H groups in total. The van der Waals surface area contributed by atoms with Crippen molar-refractivity contribution in [3.8, 4) is 5.75 Å². The average Bonchev–Trinajstić information content (AvgIpc) is 3.11. The Labute approximate surface area is 162 Å². The third-order valence-electron chi connectivity index (χ3n) is 4.97. The summed E-state index contributed by atoms with van der Waals surface area (Å²) in [5.74, 6) is 0.935. The van der Waals surface area contributed by atoms with Crippen LogP contribution >= 0.6 is 12.2 Å². The van der Waals surface area contributed by atoms with Crippen molar-refractivity contribution in [2.45, 2.75) is 58.6 Å². The molecule has 0 saturated heterocycles. The number of thiocarbonyl (C=S) groups is 1. The highest BCUT2D eigenvalue weighted by Gasteiger charge is 2.16. The van der Waals surface area contributed by atoms with Crippen LogP contribution in [0.1, 0.15) is 55.3 Å². The van der Waals surface area contributed by atoms with Gasteiger partial charge in [0.25, 0.3) is 0 Å². The summed E-state index contributed by atoms with van der Waals surface area (Å²) < 4.78 is 6.01. The Hall–Kier alpha value is -2.07. The Balaban J connectivity index is 1.54. The first-order valence-corrected chi connectivity index (χ1v) is 9.83. The van der Waals surface area contributed by atoms with Crippen molar-refractivity contribution in [2.24, 2.45) is 0 Å². The summed E-state index contributed by atoms with van der Waals surface area (Å²) in [5, 5.41) is 7.27. The number of nitrogens with one attached hydrogen (secondary N) is 2. The number of anilines is 1. The van der Waals surface area contributed by atoms with Gasteiger partial charge in [0.15, 0.2) is 5.11 Å². The highest BCUT2D eigenvalue weighted by atomic mass is 32.1. The molecule has 1 saturated carbocycles. The van der Waals surface area contributed by atoms with Crippen molar-refractivity contribution >= 4 is 23.0 Å². The molecule has 2 aromatic rings. The fraction of sp³-hybridized carbons (Fsp3) is 0.409. The molecule has 0 spiro atoms. The van der Waals surface area contributed by atoms with Crippen LogP contribution in [0.2, 0.25) is 0 Å². The van der Waals surface area contributed by atoms with Gasteiger partial charge in [-0.25, -0.2) is 0 Å². The van der Waals surface area contributed by atoms with E-state index in [2.05, 4.69) is 49.6 Å². The molecular weight excluding hydrogens is 340 g/mol. The van der Waals surface area contributed by atoms with E-state index < -0.39 is 0 Å². The minimum Gasteiger partial charge on any atom is -0.490 e. The molecule has 3 rings (SSSR count). The number of benzene rings is 2. The molecule has 0 amide bonds. The van der Waals surface area contributed by atoms with Crippen molar-refractivity contribution in [1.82, 2.24) is 5.32 Å². The number of rotatable bonds is 5. The number of aryl methyl sites for hydroxylation is 2. The Kier molecular flexibility index (Phi) is 6.15. The highest BCUT2D eigenvalue weighted by molar-refractivity contribution is 7.80. The van der Waals surface area contributed by atoms with E-state index in [0.29, 0.717) is 11.2 Å². The minimum absolute atomic E-state index is 0.153. The predicted octanol–water partition coefficient (Wildman–Crippen LogP) is 5.67. The van der Waals surface area contributed by atoms with Gasteiger partial charge in [0.1, 0.15) is 5.75 Å². The van der Waals surface area contributed by atoms with E-state index in [4.69, 9.17) is 17.0 Å². The normalized spacial score (nSPS) is 15.5. The van der Waals surface area contributed by atoms with Gasteiger partial charge in [0.05, 0.1) is 12.1 Å². The summed E-state index contributed by atoms with van der Waals surface area (Å²) in [7, 11) is 0. The lowest BCUT2D eigenvalue weighted by atomic mass is 10.0. The average molecular weight is 369 g/mol. The molecule has 1 atom stereocenters. The molecule has 0 radical (unpaired) electrons. The van der Waals surface area contributed by atoms with Crippen LogP contribution in [0.4, 0.5) is 5.69 Å². The van der Waals surface area contributed by atoms with Crippen LogP contribution in [0.15, 0.2) is 42.5 Å². The molecule has 1 aliphatic rings. The highest BCUT2D eigenvalue weighted by Crippen LogP contribution is 2.25. The van der Waals surface area contributed by atoms with E-state index in [9.17, 15) is 0 Å². The van der Waals surface area contributed by atoms with Crippen molar-refractivity contribution in [3.63, 3.8) is 0 Å². The first-order chi connectivity index (χ1) is 12.5. The standard InChI is InChI=1S/C22H28N2OS/c1-15-8-9-16(2)21(14-15)17(3)23-22(26)24-18-10-12-20(13-11-18)25-19-6-4-5-7-19/h8-14,17,19H,4-7H2,1-3H3,(H2,23,24,26)/t17-/m1/s1. The Morgan fingerprint density at radius 3 is 2.46 bits per heavy atom. The number of ether oxygens (including phenoxy) is 1. The van der Waals surface area contributed by atoms with Gasteiger partial charge in [-0.3, -0.25) is 0 Å². The smallest absolute Gasteiger partial charge is 0.171 e. The van der Waals surface area contributed by atoms with Crippen LogP contribution in [-0.2, 0) is 0 Å². The first kappa shape index (κ1) is 18.7. The second-order valence-electron chi connectivity index (χ2n) is 7.23. The van der Waals surface area contributed by atoms with Gasteiger partial charge in [0.2, 0.25) is 0 Å². The zero-order valence-corrected chi connectivity index (χ0v) is 16.7. The Morgan fingerprint density at radius 1 is 1.08 bits per heavy atom. The lowest BCUT2D eigenvalue weighted by molar-refractivity contribution is 0.210.